The molecule has 0 aromatic heterocycles. The molecule has 2 aromatic carbocycles. The van der Waals surface area contributed by atoms with Crippen molar-refractivity contribution in [2.75, 3.05) is 16.6 Å². The summed E-state index contributed by atoms with van der Waals surface area (Å²) < 4.78 is 27.2. The minimum absolute atomic E-state index is 0.134. The number of benzene rings is 2. The van der Waals surface area contributed by atoms with E-state index in [0.717, 1.165) is 11.1 Å². The van der Waals surface area contributed by atoms with E-state index in [9.17, 15) is 8.42 Å². The van der Waals surface area contributed by atoms with Crippen LogP contribution in [0.1, 0.15) is 18.1 Å². The van der Waals surface area contributed by atoms with Gasteiger partial charge in [-0.2, -0.15) is 0 Å². The minimum Gasteiger partial charge on any atom is -0.398 e. The second kappa shape index (κ2) is 6.18. The van der Waals surface area contributed by atoms with E-state index in [1.54, 1.807) is 6.92 Å². The number of nitrogens with zero attached hydrogens (tertiary/aromatic N) is 1. The topological polar surface area (TPSA) is 63.4 Å². The van der Waals surface area contributed by atoms with Gasteiger partial charge in [-0.3, -0.25) is 4.31 Å². The fraction of sp³-hybridized carbons (Fsp3) is 0.250. The average Bonchev–Trinajstić information content (AvgIpc) is 2.46. The maximum absolute atomic E-state index is 12.9. The largest absolute Gasteiger partial charge is 0.398 e. The molecule has 118 valence electrons. The molecular formula is C16H19ClN2O2S. The molecule has 2 N–H and O–H groups in total. The molecule has 0 fully saturated rings. The molecule has 0 spiro atoms. The summed E-state index contributed by atoms with van der Waals surface area (Å²) >= 11 is 5.96. The summed E-state index contributed by atoms with van der Waals surface area (Å²) in [6.07, 6.45) is 0. The summed E-state index contributed by atoms with van der Waals surface area (Å²) in [6.45, 7) is 5.96. The molecule has 0 aliphatic carbocycles. The van der Waals surface area contributed by atoms with E-state index < -0.39 is 10.0 Å². The Labute approximate surface area is 136 Å². The average molecular weight is 339 g/mol. The van der Waals surface area contributed by atoms with Gasteiger partial charge < -0.3 is 5.73 Å². The SMILES string of the molecule is CCN(c1cc(C)ccc1C)S(=O)(=O)c1ccc(N)c(Cl)c1. The number of hydrogen-bond donors (Lipinski definition) is 1. The highest BCUT2D eigenvalue weighted by molar-refractivity contribution is 7.92. The van der Waals surface area contributed by atoms with Gasteiger partial charge >= 0.3 is 0 Å². The number of hydrogen-bond acceptors (Lipinski definition) is 3. The first kappa shape index (κ1) is 16.6. The van der Waals surface area contributed by atoms with E-state index in [2.05, 4.69) is 0 Å². The molecule has 0 saturated carbocycles. The van der Waals surface area contributed by atoms with Gasteiger partial charge in [0.1, 0.15) is 0 Å². The normalized spacial score (nSPS) is 11.5. The molecule has 0 aliphatic rings. The smallest absolute Gasteiger partial charge is 0.264 e. The van der Waals surface area contributed by atoms with Crippen LogP contribution < -0.4 is 10.0 Å². The highest BCUT2D eigenvalue weighted by Gasteiger charge is 2.25. The predicted octanol–water partition coefficient (Wildman–Crippen LogP) is 3.75. The van der Waals surface area contributed by atoms with Gasteiger partial charge in [0.25, 0.3) is 10.0 Å². The molecular weight excluding hydrogens is 320 g/mol. The number of aryl methyl sites for hydroxylation is 2. The molecule has 0 atom stereocenters. The Bertz CT molecular complexity index is 804. The predicted molar refractivity (Wildman–Crippen MR) is 92.0 cm³/mol. The van der Waals surface area contributed by atoms with Crippen LogP contribution in [-0.2, 0) is 10.0 Å². The Morgan fingerprint density at radius 3 is 2.41 bits per heavy atom. The molecule has 0 amide bonds. The van der Waals surface area contributed by atoms with Crippen LogP contribution in [-0.4, -0.2) is 15.0 Å². The first-order valence-electron chi connectivity index (χ1n) is 6.92. The van der Waals surface area contributed by atoms with Crippen LogP contribution in [0.2, 0.25) is 5.02 Å². The molecule has 0 saturated heterocycles. The second-order valence-electron chi connectivity index (χ2n) is 5.14. The number of anilines is 2. The van der Waals surface area contributed by atoms with E-state index in [1.165, 1.54) is 22.5 Å². The summed E-state index contributed by atoms with van der Waals surface area (Å²) in [5.41, 5.74) is 8.59. The van der Waals surface area contributed by atoms with Crippen LogP contribution in [0.3, 0.4) is 0 Å². The lowest BCUT2D eigenvalue weighted by Crippen LogP contribution is -2.31. The molecule has 2 aromatic rings. The third-order valence-electron chi connectivity index (χ3n) is 3.48. The Morgan fingerprint density at radius 2 is 1.82 bits per heavy atom. The van der Waals surface area contributed by atoms with Crippen molar-refractivity contribution in [3.63, 3.8) is 0 Å². The third kappa shape index (κ3) is 3.05. The van der Waals surface area contributed by atoms with Gasteiger partial charge in [-0.25, -0.2) is 8.42 Å². The lowest BCUT2D eigenvalue weighted by Gasteiger charge is -2.25. The van der Waals surface area contributed by atoms with Crippen LogP contribution >= 0.6 is 11.6 Å². The number of halogens is 1. The third-order valence-corrected chi connectivity index (χ3v) is 5.69. The van der Waals surface area contributed by atoms with Crippen LogP contribution in [0.4, 0.5) is 11.4 Å². The van der Waals surface area contributed by atoms with Crippen LogP contribution in [0.25, 0.3) is 0 Å². The van der Waals surface area contributed by atoms with Crippen molar-refractivity contribution >= 4 is 33.0 Å². The second-order valence-corrected chi connectivity index (χ2v) is 7.41. The van der Waals surface area contributed by atoms with Crippen molar-refractivity contribution in [3.8, 4) is 0 Å². The van der Waals surface area contributed by atoms with Crippen molar-refractivity contribution in [2.45, 2.75) is 25.7 Å². The minimum atomic E-state index is -3.69. The highest BCUT2D eigenvalue weighted by Crippen LogP contribution is 2.30. The first-order chi connectivity index (χ1) is 10.3. The van der Waals surface area contributed by atoms with E-state index in [1.807, 2.05) is 32.0 Å². The molecule has 2 rings (SSSR count). The van der Waals surface area contributed by atoms with Crippen molar-refractivity contribution in [3.05, 3.63) is 52.5 Å². The van der Waals surface area contributed by atoms with Gasteiger partial charge in [-0.05, 0) is 56.2 Å². The van der Waals surface area contributed by atoms with Crippen LogP contribution in [0.15, 0.2) is 41.3 Å². The van der Waals surface area contributed by atoms with Crippen molar-refractivity contribution in [1.82, 2.24) is 0 Å². The fourth-order valence-electron chi connectivity index (χ4n) is 2.25. The Balaban J connectivity index is 2.58. The summed E-state index contributed by atoms with van der Waals surface area (Å²) in [5.74, 6) is 0. The van der Waals surface area contributed by atoms with E-state index in [4.69, 9.17) is 17.3 Å². The maximum Gasteiger partial charge on any atom is 0.264 e. The molecule has 0 radical (unpaired) electrons. The summed E-state index contributed by atoms with van der Waals surface area (Å²) in [7, 11) is -3.69. The molecule has 0 unspecified atom stereocenters. The van der Waals surface area contributed by atoms with Gasteiger partial charge in [0, 0.05) is 6.54 Å². The molecule has 4 nitrogen and oxygen atoms in total. The van der Waals surface area contributed by atoms with E-state index in [-0.39, 0.29) is 9.92 Å². The van der Waals surface area contributed by atoms with Crippen molar-refractivity contribution in [2.24, 2.45) is 0 Å². The Hall–Kier alpha value is -1.72. The van der Waals surface area contributed by atoms with Crippen LogP contribution in [0, 0.1) is 13.8 Å². The molecule has 0 heterocycles. The van der Waals surface area contributed by atoms with Crippen molar-refractivity contribution in [1.29, 1.82) is 0 Å². The number of sulfonamides is 1. The van der Waals surface area contributed by atoms with Gasteiger partial charge in [-0.1, -0.05) is 23.7 Å². The molecule has 0 bridgehead atoms. The van der Waals surface area contributed by atoms with Gasteiger partial charge in [0.05, 0.1) is 21.3 Å². The zero-order chi connectivity index (χ0) is 16.5. The molecule has 6 heteroatoms. The zero-order valence-corrected chi connectivity index (χ0v) is 14.4. The number of nitrogen functional groups attached to an aromatic ring is 1. The molecule has 22 heavy (non-hydrogen) atoms. The lowest BCUT2D eigenvalue weighted by atomic mass is 10.1. The Kier molecular flexibility index (Phi) is 4.68. The van der Waals surface area contributed by atoms with Gasteiger partial charge in [-0.15, -0.1) is 0 Å². The highest BCUT2D eigenvalue weighted by atomic mass is 35.5. The van der Waals surface area contributed by atoms with Gasteiger partial charge in [0.15, 0.2) is 0 Å². The summed E-state index contributed by atoms with van der Waals surface area (Å²) in [5, 5.41) is 0.234. The number of nitrogens with two attached hydrogens (primary N) is 1. The quantitative estimate of drug-likeness (QED) is 0.863. The maximum atomic E-state index is 12.9. The summed E-state index contributed by atoms with van der Waals surface area (Å²) in [6, 6.07) is 10.1. The lowest BCUT2D eigenvalue weighted by molar-refractivity contribution is 0.592. The zero-order valence-electron chi connectivity index (χ0n) is 12.8. The standard InChI is InChI=1S/C16H19ClN2O2S/c1-4-19(16-9-11(2)5-6-12(16)3)22(20,21)13-7-8-15(18)14(17)10-13/h5-10H,4,18H2,1-3H3. The van der Waals surface area contributed by atoms with E-state index in [0.29, 0.717) is 17.9 Å². The first-order valence-corrected chi connectivity index (χ1v) is 8.74. The molecule has 0 aliphatic heterocycles. The number of rotatable bonds is 4. The Morgan fingerprint density at radius 1 is 1.14 bits per heavy atom. The van der Waals surface area contributed by atoms with Crippen molar-refractivity contribution < 1.29 is 8.42 Å². The summed E-state index contributed by atoms with van der Waals surface area (Å²) in [4.78, 5) is 0.134. The fourth-order valence-corrected chi connectivity index (χ4v) is 4.06. The van der Waals surface area contributed by atoms with Gasteiger partial charge in [0.2, 0.25) is 0 Å². The van der Waals surface area contributed by atoms with Crippen LogP contribution in [0.5, 0.6) is 0 Å². The van der Waals surface area contributed by atoms with E-state index >= 15 is 0 Å². The monoisotopic (exact) mass is 338 g/mol.